The first kappa shape index (κ1) is 20.3. The van der Waals surface area contributed by atoms with Gasteiger partial charge in [-0.1, -0.05) is 37.4 Å². The maximum atomic E-state index is 10.9. The maximum absolute atomic E-state index is 10.9. The average Bonchev–Trinajstić information content (AvgIpc) is 2.74. The molecule has 0 saturated heterocycles. The molecule has 6 nitrogen and oxygen atoms in total. The molecule has 28 heavy (non-hydrogen) atoms. The van der Waals surface area contributed by atoms with Gasteiger partial charge in [-0.3, -0.25) is 0 Å². The standard InChI is InChI=1S/C22H18O6/c1-3-21(23)27-15-13-25-19-9-5-17(6-10-19)18-7-11-20(12-8-18)26-14-16-28-22(24)4-2/h3-16H,1-2H2/b15-13-,16-14-. The van der Waals surface area contributed by atoms with Gasteiger partial charge in [0.2, 0.25) is 0 Å². The molecule has 0 N–H and O–H groups in total. The minimum Gasteiger partial charge on any atom is -0.462 e. The summed E-state index contributed by atoms with van der Waals surface area (Å²) in [6, 6.07) is 14.7. The van der Waals surface area contributed by atoms with Crippen LogP contribution in [0.4, 0.5) is 0 Å². The summed E-state index contributed by atoms with van der Waals surface area (Å²) < 4.78 is 20.0. The van der Waals surface area contributed by atoms with Crippen molar-refractivity contribution in [3.63, 3.8) is 0 Å². The largest absolute Gasteiger partial charge is 0.462 e. The van der Waals surface area contributed by atoms with Crippen molar-refractivity contribution in [3.8, 4) is 22.6 Å². The third-order valence-electron chi connectivity index (χ3n) is 3.26. The van der Waals surface area contributed by atoms with Crippen molar-refractivity contribution in [3.05, 3.63) is 98.9 Å². The Balaban J connectivity index is 1.89. The lowest BCUT2D eigenvalue weighted by molar-refractivity contribution is -0.133. The van der Waals surface area contributed by atoms with Crippen LogP contribution in [0, 0.1) is 0 Å². The topological polar surface area (TPSA) is 71.1 Å². The fraction of sp³-hybridized carbons (Fsp3) is 0. The van der Waals surface area contributed by atoms with E-state index in [2.05, 4.69) is 22.6 Å². The van der Waals surface area contributed by atoms with Crippen LogP contribution < -0.4 is 9.47 Å². The molecule has 0 amide bonds. The molecule has 2 aromatic rings. The Morgan fingerprint density at radius 2 is 0.964 bits per heavy atom. The van der Waals surface area contributed by atoms with E-state index >= 15 is 0 Å². The van der Waals surface area contributed by atoms with E-state index in [0.29, 0.717) is 11.5 Å². The predicted octanol–water partition coefficient (Wildman–Crippen LogP) is 4.51. The smallest absolute Gasteiger partial charge is 0.335 e. The van der Waals surface area contributed by atoms with Crippen LogP contribution in [0.2, 0.25) is 0 Å². The SMILES string of the molecule is C=CC(=O)O/C=C\Oc1ccc(-c2ccc(O/C=C\OC(=O)C=C)cc2)cc1. The Hall–Kier alpha value is -4.06. The number of hydrogen-bond acceptors (Lipinski definition) is 6. The second kappa shape index (κ2) is 10.8. The Labute approximate surface area is 162 Å². The fourth-order valence-electron chi connectivity index (χ4n) is 1.95. The van der Waals surface area contributed by atoms with Gasteiger partial charge >= 0.3 is 11.9 Å². The number of ether oxygens (including phenoxy) is 4. The number of hydrogen-bond donors (Lipinski definition) is 0. The predicted molar refractivity (Wildman–Crippen MR) is 104 cm³/mol. The van der Waals surface area contributed by atoms with Crippen molar-refractivity contribution in [2.24, 2.45) is 0 Å². The van der Waals surface area contributed by atoms with Gasteiger partial charge in [-0.15, -0.1) is 0 Å². The zero-order chi connectivity index (χ0) is 20.2. The average molecular weight is 378 g/mol. The zero-order valence-electron chi connectivity index (χ0n) is 14.9. The van der Waals surface area contributed by atoms with Crippen molar-refractivity contribution in [2.45, 2.75) is 0 Å². The highest BCUT2D eigenvalue weighted by atomic mass is 16.5. The molecule has 6 heteroatoms. The molecule has 0 atom stereocenters. The lowest BCUT2D eigenvalue weighted by Crippen LogP contribution is -1.93. The highest BCUT2D eigenvalue weighted by Crippen LogP contribution is 2.24. The van der Waals surface area contributed by atoms with Crippen LogP contribution in [0.5, 0.6) is 11.5 Å². The summed E-state index contributed by atoms with van der Waals surface area (Å²) >= 11 is 0. The summed E-state index contributed by atoms with van der Waals surface area (Å²) in [4.78, 5) is 21.8. The zero-order valence-corrected chi connectivity index (χ0v) is 14.9. The number of esters is 2. The van der Waals surface area contributed by atoms with E-state index in [1.807, 2.05) is 24.3 Å². The van der Waals surface area contributed by atoms with E-state index in [1.165, 1.54) is 12.5 Å². The van der Waals surface area contributed by atoms with Crippen molar-refractivity contribution < 1.29 is 28.5 Å². The van der Waals surface area contributed by atoms with Crippen LogP contribution in [-0.4, -0.2) is 11.9 Å². The molecule has 0 fully saturated rings. The quantitative estimate of drug-likeness (QED) is 0.363. The van der Waals surface area contributed by atoms with E-state index in [1.54, 1.807) is 24.3 Å². The normalized spacial score (nSPS) is 10.4. The van der Waals surface area contributed by atoms with Crippen molar-refractivity contribution in [2.75, 3.05) is 0 Å². The van der Waals surface area contributed by atoms with Crippen LogP contribution in [0.25, 0.3) is 11.1 Å². The van der Waals surface area contributed by atoms with Gasteiger partial charge < -0.3 is 18.9 Å². The van der Waals surface area contributed by atoms with Crippen molar-refractivity contribution in [1.82, 2.24) is 0 Å². The van der Waals surface area contributed by atoms with Gasteiger partial charge in [0.15, 0.2) is 0 Å². The second-order valence-corrected chi connectivity index (χ2v) is 5.11. The fourth-order valence-corrected chi connectivity index (χ4v) is 1.95. The summed E-state index contributed by atoms with van der Waals surface area (Å²) in [7, 11) is 0. The third-order valence-corrected chi connectivity index (χ3v) is 3.26. The minimum atomic E-state index is -0.559. The number of rotatable bonds is 9. The molecule has 0 bridgehead atoms. The van der Waals surface area contributed by atoms with Gasteiger partial charge in [-0.25, -0.2) is 9.59 Å². The van der Waals surface area contributed by atoms with Gasteiger partial charge in [0.25, 0.3) is 0 Å². The first-order chi connectivity index (χ1) is 13.6. The van der Waals surface area contributed by atoms with Gasteiger partial charge in [-0.2, -0.15) is 0 Å². The Kier molecular flexibility index (Phi) is 7.83. The lowest BCUT2D eigenvalue weighted by atomic mass is 10.1. The number of benzene rings is 2. The van der Waals surface area contributed by atoms with Gasteiger partial charge in [0.05, 0.1) is 0 Å². The molecule has 0 heterocycles. The Morgan fingerprint density at radius 3 is 1.29 bits per heavy atom. The highest BCUT2D eigenvalue weighted by Gasteiger charge is 2.00. The molecule has 0 spiro atoms. The molecule has 2 rings (SSSR count). The molecule has 0 saturated carbocycles. The van der Waals surface area contributed by atoms with Crippen LogP contribution in [0.3, 0.4) is 0 Å². The summed E-state index contributed by atoms with van der Waals surface area (Å²) in [5.74, 6) is 0.0643. The van der Waals surface area contributed by atoms with Gasteiger partial charge in [0, 0.05) is 12.2 Å². The van der Waals surface area contributed by atoms with Gasteiger partial charge in [-0.05, 0) is 35.4 Å². The molecule has 0 aliphatic rings. The van der Waals surface area contributed by atoms with Gasteiger partial charge in [0.1, 0.15) is 36.5 Å². The van der Waals surface area contributed by atoms with E-state index in [4.69, 9.17) is 9.47 Å². The molecule has 0 unspecified atom stereocenters. The molecular formula is C22H18O6. The molecule has 142 valence electrons. The van der Waals surface area contributed by atoms with Crippen LogP contribution in [-0.2, 0) is 19.1 Å². The van der Waals surface area contributed by atoms with Crippen LogP contribution in [0.1, 0.15) is 0 Å². The van der Waals surface area contributed by atoms with E-state index in [9.17, 15) is 9.59 Å². The Morgan fingerprint density at radius 1 is 0.607 bits per heavy atom. The molecular weight excluding hydrogens is 360 g/mol. The van der Waals surface area contributed by atoms with Crippen molar-refractivity contribution in [1.29, 1.82) is 0 Å². The van der Waals surface area contributed by atoms with E-state index in [0.717, 1.165) is 35.8 Å². The van der Waals surface area contributed by atoms with Crippen LogP contribution >= 0.6 is 0 Å². The number of carbonyl (C=O) groups is 2. The Bertz CT molecular complexity index is 801. The first-order valence-corrected chi connectivity index (χ1v) is 8.12. The first-order valence-electron chi connectivity index (χ1n) is 8.12. The molecule has 0 aliphatic heterocycles. The molecule has 0 radical (unpaired) electrons. The van der Waals surface area contributed by atoms with E-state index < -0.39 is 11.9 Å². The third kappa shape index (κ3) is 6.68. The maximum Gasteiger partial charge on any atom is 0.335 e. The summed E-state index contributed by atoms with van der Waals surface area (Å²) in [5, 5.41) is 0. The highest BCUT2D eigenvalue weighted by molar-refractivity contribution is 5.82. The monoisotopic (exact) mass is 378 g/mol. The molecule has 0 aliphatic carbocycles. The minimum absolute atomic E-state index is 0.559. The number of carbonyl (C=O) groups excluding carboxylic acids is 2. The summed E-state index contributed by atoms with van der Waals surface area (Å²) in [5.41, 5.74) is 1.97. The summed E-state index contributed by atoms with van der Waals surface area (Å²) in [6.45, 7) is 6.58. The molecule has 2 aromatic carbocycles. The van der Waals surface area contributed by atoms with Crippen molar-refractivity contribution >= 4 is 11.9 Å². The molecule has 0 aromatic heterocycles. The van der Waals surface area contributed by atoms with E-state index in [-0.39, 0.29) is 0 Å². The second-order valence-electron chi connectivity index (χ2n) is 5.11. The summed E-state index contributed by atoms with van der Waals surface area (Å²) in [6.07, 6.45) is 6.93. The lowest BCUT2D eigenvalue weighted by Gasteiger charge is -2.05. The van der Waals surface area contributed by atoms with Crippen LogP contribution in [0.15, 0.2) is 98.9 Å².